The van der Waals surface area contributed by atoms with Crippen molar-refractivity contribution in [3.63, 3.8) is 0 Å². The van der Waals surface area contributed by atoms with E-state index in [9.17, 15) is 0 Å². The zero-order chi connectivity index (χ0) is 12.4. The highest BCUT2D eigenvalue weighted by Gasteiger charge is 2.15. The molecule has 0 aliphatic heterocycles. The molecule has 1 heterocycles. The maximum atomic E-state index is 5.97. The molecule has 0 atom stereocenters. The quantitative estimate of drug-likeness (QED) is 0.801. The highest BCUT2D eigenvalue weighted by Crippen LogP contribution is 2.25. The molecule has 1 aromatic carbocycles. The van der Waals surface area contributed by atoms with Gasteiger partial charge in [0.25, 0.3) is 0 Å². The van der Waals surface area contributed by atoms with Crippen molar-refractivity contribution in [3.8, 4) is 5.88 Å². The van der Waals surface area contributed by atoms with Crippen LogP contribution in [0, 0.1) is 0 Å². The molecule has 0 bridgehead atoms. The maximum Gasteiger partial charge on any atom is 0.214 e. The Morgan fingerprint density at radius 2 is 1.89 bits per heavy atom. The van der Waals surface area contributed by atoms with Crippen LogP contribution in [0.2, 0.25) is 0 Å². The molecule has 2 aromatic rings. The number of aromatic nitrogens is 1. The van der Waals surface area contributed by atoms with E-state index in [0.717, 1.165) is 21.3 Å². The molecule has 1 aliphatic carbocycles. The van der Waals surface area contributed by atoms with Crippen LogP contribution in [0.25, 0.3) is 10.9 Å². The Morgan fingerprint density at radius 1 is 1.06 bits per heavy atom. The second-order valence-electron chi connectivity index (χ2n) is 4.86. The summed E-state index contributed by atoms with van der Waals surface area (Å²) in [6.45, 7) is 0. The van der Waals surface area contributed by atoms with Gasteiger partial charge in [-0.25, -0.2) is 4.98 Å². The molecule has 18 heavy (non-hydrogen) atoms. The molecule has 0 N–H and O–H groups in total. The van der Waals surface area contributed by atoms with Crippen molar-refractivity contribution in [1.29, 1.82) is 0 Å². The van der Waals surface area contributed by atoms with Crippen LogP contribution in [0.15, 0.2) is 34.8 Å². The molecule has 0 unspecified atom stereocenters. The second kappa shape index (κ2) is 5.27. The first-order valence-corrected chi connectivity index (χ1v) is 7.33. The third kappa shape index (κ3) is 2.66. The molecule has 2 nitrogen and oxygen atoms in total. The first-order valence-electron chi connectivity index (χ1n) is 6.54. The van der Waals surface area contributed by atoms with Gasteiger partial charge in [-0.05, 0) is 49.9 Å². The number of rotatable bonds is 2. The summed E-state index contributed by atoms with van der Waals surface area (Å²) in [5.41, 5.74) is 0.992. The molecule has 3 heteroatoms. The minimum absolute atomic E-state index is 0.360. The van der Waals surface area contributed by atoms with Crippen LogP contribution in [0.3, 0.4) is 0 Å². The van der Waals surface area contributed by atoms with Crippen molar-refractivity contribution in [2.45, 2.75) is 38.2 Å². The van der Waals surface area contributed by atoms with Gasteiger partial charge in [-0.3, -0.25) is 0 Å². The molecule has 0 amide bonds. The first-order chi connectivity index (χ1) is 8.81. The van der Waals surface area contributed by atoms with E-state index in [4.69, 9.17) is 4.74 Å². The molecule has 3 rings (SSSR count). The van der Waals surface area contributed by atoms with Crippen molar-refractivity contribution in [1.82, 2.24) is 4.98 Å². The molecule has 0 radical (unpaired) electrons. The first kappa shape index (κ1) is 12.0. The third-order valence-electron chi connectivity index (χ3n) is 3.47. The number of halogens is 1. The van der Waals surface area contributed by atoms with Gasteiger partial charge < -0.3 is 4.74 Å². The van der Waals surface area contributed by atoms with Gasteiger partial charge in [0.05, 0.1) is 5.52 Å². The smallest absolute Gasteiger partial charge is 0.214 e. The zero-order valence-corrected chi connectivity index (χ0v) is 11.8. The van der Waals surface area contributed by atoms with Crippen LogP contribution in [0.5, 0.6) is 5.88 Å². The van der Waals surface area contributed by atoms with Gasteiger partial charge in [0, 0.05) is 15.9 Å². The Labute approximate surface area is 115 Å². The summed E-state index contributed by atoms with van der Waals surface area (Å²) in [5.74, 6) is 0.761. The van der Waals surface area contributed by atoms with Crippen molar-refractivity contribution in [3.05, 3.63) is 34.8 Å². The largest absolute Gasteiger partial charge is 0.474 e. The number of benzene rings is 1. The molecule has 0 saturated heterocycles. The highest BCUT2D eigenvalue weighted by molar-refractivity contribution is 9.10. The van der Waals surface area contributed by atoms with Crippen molar-refractivity contribution in [2.75, 3.05) is 0 Å². The number of fused-ring (bicyclic) bond motifs is 1. The molecule has 94 valence electrons. The number of pyridine rings is 1. The van der Waals surface area contributed by atoms with E-state index in [1.54, 1.807) is 0 Å². The Balaban J connectivity index is 1.82. The van der Waals surface area contributed by atoms with Gasteiger partial charge in [0.15, 0.2) is 0 Å². The van der Waals surface area contributed by atoms with Gasteiger partial charge in [-0.15, -0.1) is 0 Å². The van der Waals surface area contributed by atoms with E-state index < -0.39 is 0 Å². The lowest BCUT2D eigenvalue weighted by Gasteiger charge is -2.22. The lowest BCUT2D eigenvalue weighted by atomic mass is 9.98. The number of hydrogen-bond donors (Lipinski definition) is 0. The topological polar surface area (TPSA) is 22.1 Å². The summed E-state index contributed by atoms with van der Waals surface area (Å²) in [6.07, 6.45) is 6.61. The molecule has 1 saturated carbocycles. The van der Waals surface area contributed by atoms with Crippen LogP contribution in [0.1, 0.15) is 32.1 Å². The predicted octanol–water partition coefficient (Wildman–Crippen LogP) is 4.71. The Bertz CT molecular complexity index is 549. The third-order valence-corrected chi connectivity index (χ3v) is 3.96. The number of nitrogens with zero attached hydrogens (tertiary/aromatic N) is 1. The normalized spacial score (nSPS) is 16.9. The van der Waals surface area contributed by atoms with Gasteiger partial charge in [-0.1, -0.05) is 22.4 Å². The van der Waals surface area contributed by atoms with Gasteiger partial charge in [-0.2, -0.15) is 0 Å². The Hall–Kier alpha value is -1.09. The minimum atomic E-state index is 0.360. The minimum Gasteiger partial charge on any atom is -0.474 e. The average Bonchev–Trinajstić information content (AvgIpc) is 2.40. The average molecular weight is 306 g/mol. The van der Waals surface area contributed by atoms with Crippen LogP contribution >= 0.6 is 15.9 Å². The van der Waals surface area contributed by atoms with Gasteiger partial charge >= 0.3 is 0 Å². The fourth-order valence-corrected chi connectivity index (χ4v) is 2.88. The van der Waals surface area contributed by atoms with Crippen LogP contribution in [-0.4, -0.2) is 11.1 Å². The highest BCUT2D eigenvalue weighted by atomic mass is 79.9. The van der Waals surface area contributed by atoms with Crippen LogP contribution in [0.4, 0.5) is 0 Å². The van der Waals surface area contributed by atoms with Gasteiger partial charge in [0.2, 0.25) is 5.88 Å². The second-order valence-corrected chi connectivity index (χ2v) is 5.78. The maximum absolute atomic E-state index is 5.97. The molecular formula is C15H16BrNO. The lowest BCUT2D eigenvalue weighted by molar-refractivity contribution is 0.149. The SMILES string of the molecule is Brc1ccc2nc(OC3CCCCC3)ccc2c1. The van der Waals surface area contributed by atoms with E-state index in [2.05, 4.69) is 33.0 Å². The van der Waals surface area contributed by atoms with E-state index in [-0.39, 0.29) is 0 Å². The van der Waals surface area contributed by atoms with E-state index in [0.29, 0.717) is 6.10 Å². The summed E-state index contributed by atoms with van der Waals surface area (Å²) < 4.78 is 7.05. The van der Waals surface area contributed by atoms with Crippen LogP contribution in [-0.2, 0) is 0 Å². The predicted molar refractivity (Wildman–Crippen MR) is 76.9 cm³/mol. The fraction of sp³-hybridized carbons (Fsp3) is 0.400. The molecule has 1 fully saturated rings. The summed E-state index contributed by atoms with van der Waals surface area (Å²) in [7, 11) is 0. The van der Waals surface area contributed by atoms with E-state index in [1.807, 2.05) is 18.2 Å². The zero-order valence-electron chi connectivity index (χ0n) is 10.2. The summed E-state index contributed by atoms with van der Waals surface area (Å²) in [6, 6.07) is 10.2. The number of ether oxygens (including phenoxy) is 1. The Kier molecular flexibility index (Phi) is 3.50. The van der Waals surface area contributed by atoms with Crippen LogP contribution < -0.4 is 4.74 Å². The summed E-state index contributed by atoms with van der Waals surface area (Å²) in [4.78, 5) is 4.57. The molecule has 0 spiro atoms. The summed E-state index contributed by atoms with van der Waals surface area (Å²) in [5, 5.41) is 1.14. The van der Waals surface area contributed by atoms with Crippen molar-refractivity contribution >= 4 is 26.8 Å². The van der Waals surface area contributed by atoms with Gasteiger partial charge in [0.1, 0.15) is 6.10 Å². The summed E-state index contributed by atoms with van der Waals surface area (Å²) >= 11 is 3.47. The molecule has 1 aromatic heterocycles. The fourth-order valence-electron chi connectivity index (χ4n) is 2.50. The Morgan fingerprint density at radius 3 is 2.72 bits per heavy atom. The van der Waals surface area contributed by atoms with E-state index in [1.165, 1.54) is 32.1 Å². The molecule has 1 aliphatic rings. The lowest BCUT2D eigenvalue weighted by Crippen LogP contribution is -2.20. The molecular weight excluding hydrogens is 290 g/mol. The van der Waals surface area contributed by atoms with Crippen molar-refractivity contribution < 1.29 is 4.74 Å². The van der Waals surface area contributed by atoms with E-state index >= 15 is 0 Å². The monoisotopic (exact) mass is 305 g/mol. The standard InChI is InChI=1S/C15H16BrNO/c16-12-7-8-14-11(10-12)6-9-15(17-14)18-13-4-2-1-3-5-13/h6-10,13H,1-5H2. The number of hydrogen-bond acceptors (Lipinski definition) is 2. The van der Waals surface area contributed by atoms with Crippen molar-refractivity contribution in [2.24, 2.45) is 0 Å².